The van der Waals surface area contributed by atoms with E-state index in [1.165, 1.54) is 5.56 Å². The molecule has 0 saturated carbocycles. The molecule has 0 bridgehead atoms. The van der Waals surface area contributed by atoms with Crippen molar-refractivity contribution in [1.29, 1.82) is 0 Å². The zero-order chi connectivity index (χ0) is 24.6. The number of likely N-dealkylation sites (tertiary alicyclic amines) is 1. The maximum absolute atomic E-state index is 11.8. The second-order valence-electron chi connectivity index (χ2n) is 9.57. The van der Waals surface area contributed by atoms with Crippen LogP contribution in [0.2, 0.25) is 0 Å². The van der Waals surface area contributed by atoms with Gasteiger partial charge in [-0.25, -0.2) is 4.79 Å². The van der Waals surface area contributed by atoms with Crippen molar-refractivity contribution in [1.82, 2.24) is 4.90 Å². The van der Waals surface area contributed by atoms with E-state index in [2.05, 4.69) is 29.0 Å². The van der Waals surface area contributed by atoms with Crippen molar-refractivity contribution in [3.8, 4) is 5.75 Å². The molecule has 1 aliphatic rings. The minimum absolute atomic E-state index is 0. The first kappa shape index (κ1) is 32.0. The van der Waals surface area contributed by atoms with Crippen LogP contribution < -0.4 is 9.64 Å². The van der Waals surface area contributed by atoms with E-state index in [1.807, 2.05) is 57.2 Å². The summed E-state index contributed by atoms with van der Waals surface area (Å²) in [5, 5.41) is 11.1. The number of nitrogens with zero attached hydrogens (tertiary/aromatic N) is 2. The third-order valence-electron chi connectivity index (χ3n) is 6.53. The molecule has 0 atom stereocenters. The van der Waals surface area contributed by atoms with Crippen molar-refractivity contribution in [3.05, 3.63) is 59.7 Å². The van der Waals surface area contributed by atoms with Crippen LogP contribution in [0.5, 0.6) is 5.75 Å². The van der Waals surface area contributed by atoms with Crippen LogP contribution in [0.1, 0.15) is 56.0 Å². The lowest BCUT2D eigenvalue weighted by atomic mass is 9.88. The molecule has 36 heavy (non-hydrogen) atoms. The van der Waals surface area contributed by atoms with Gasteiger partial charge in [0, 0.05) is 38.9 Å². The number of hydrogen-bond donors (Lipinski definition) is 1. The SMILES string of the molecule is CCOC(=O)c1ccc(CCN2CCC(O)(CCN(C)c3ccc(OC(C)C)cc3)CC2)cc1.Cl.Cl. The second-order valence-corrected chi connectivity index (χ2v) is 9.57. The number of halogens is 2. The number of piperidine rings is 1. The second kappa shape index (κ2) is 15.3. The Morgan fingerprint density at radius 3 is 2.22 bits per heavy atom. The average Bonchev–Trinajstić information content (AvgIpc) is 2.83. The van der Waals surface area contributed by atoms with E-state index in [4.69, 9.17) is 9.47 Å². The minimum atomic E-state index is -0.604. The van der Waals surface area contributed by atoms with Gasteiger partial charge in [0.05, 0.1) is 23.9 Å². The van der Waals surface area contributed by atoms with Gasteiger partial charge in [0.15, 0.2) is 0 Å². The number of carbonyl (C=O) groups excluding carboxylic acids is 1. The smallest absolute Gasteiger partial charge is 0.338 e. The summed E-state index contributed by atoms with van der Waals surface area (Å²) in [5.41, 5.74) is 2.33. The number of hydrogen-bond acceptors (Lipinski definition) is 6. The van der Waals surface area contributed by atoms with E-state index >= 15 is 0 Å². The molecular formula is C28H42Cl2N2O4. The van der Waals surface area contributed by atoms with Gasteiger partial charge in [-0.3, -0.25) is 0 Å². The van der Waals surface area contributed by atoms with Crippen molar-refractivity contribution >= 4 is 36.5 Å². The molecule has 0 aliphatic carbocycles. The van der Waals surface area contributed by atoms with Crippen LogP contribution in [0.3, 0.4) is 0 Å². The van der Waals surface area contributed by atoms with Crippen molar-refractivity contribution in [2.45, 2.75) is 58.2 Å². The van der Waals surface area contributed by atoms with Crippen LogP contribution in [0, 0.1) is 0 Å². The lowest BCUT2D eigenvalue weighted by Crippen LogP contribution is -2.46. The van der Waals surface area contributed by atoms with Crippen LogP contribution in [0.4, 0.5) is 5.69 Å². The number of aliphatic hydroxyl groups is 1. The number of ether oxygens (including phenoxy) is 2. The maximum atomic E-state index is 11.8. The van der Waals surface area contributed by atoms with Gasteiger partial charge in [-0.15, -0.1) is 24.8 Å². The van der Waals surface area contributed by atoms with E-state index < -0.39 is 5.60 Å². The van der Waals surface area contributed by atoms with Crippen molar-refractivity contribution in [2.24, 2.45) is 0 Å². The highest BCUT2D eigenvalue weighted by Gasteiger charge is 2.32. The molecule has 2 aromatic carbocycles. The summed E-state index contributed by atoms with van der Waals surface area (Å²) in [4.78, 5) is 16.4. The number of benzene rings is 2. The number of esters is 1. The first-order chi connectivity index (χ1) is 16.3. The fourth-order valence-corrected chi connectivity index (χ4v) is 4.31. The van der Waals surface area contributed by atoms with Crippen molar-refractivity contribution < 1.29 is 19.4 Å². The Balaban J connectivity index is 0.00000324. The normalized spacial score (nSPS) is 14.9. The monoisotopic (exact) mass is 540 g/mol. The van der Waals surface area contributed by atoms with Gasteiger partial charge >= 0.3 is 5.97 Å². The Labute approximate surface area is 228 Å². The molecule has 0 spiro atoms. The van der Waals surface area contributed by atoms with Crippen LogP contribution in [-0.4, -0.2) is 67.5 Å². The van der Waals surface area contributed by atoms with E-state index in [9.17, 15) is 9.90 Å². The Hall–Kier alpha value is -1.99. The molecule has 202 valence electrons. The first-order valence-corrected chi connectivity index (χ1v) is 12.5. The highest BCUT2D eigenvalue weighted by atomic mass is 35.5. The summed E-state index contributed by atoms with van der Waals surface area (Å²) in [6.45, 7) is 9.83. The summed E-state index contributed by atoms with van der Waals surface area (Å²) < 4.78 is 10.8. The Morgan fingerprint density at radius 1 is 1.06 bits per heavy atom. The lowest BCUT2D eigenvalue weighted by Gasteiger charge is -2.39. The zero-order valence-corrected chi connectivity index (χ0v) is 23.6. The lowest BCUT2D eigenvalue weighted by molar-refractivity contribution is -0.0254. The van der Waals surface area contributed by atoms with Crippen LogP contribution in [0.25, 0.3) is 0 Å². The Bertz CT molecular complexity index is 899. The zero-order valence-electron chi connectivity index (χ0n) is 21.9. The molecular weight excluding hydrogens is 499 g/mol. The molecule has 0 amide bonds. The molecule has 3 rings (SSSR count). The Morgan fingerprint density at radius 2 is 1.67 bits per heavy atom. The fraction of sp³-hybridized carbons (Fsp3) is 0.536. The standard InChI is InChI=1S/C28H40N2O4.2ClH/c1-5-33-27(31)24-8-6-23(7-9-24)14-18-30-20-16-28(32,17-21-30)15-19-29(4)25-10-12-26(13-11-25)34-22(2)3;;/h6-13,22,32H,5,14-21H2,1-4H3;2*1H. The van der Waals surface area contributed by atoms with E-state index in [-0.39, 0.29) is 36.9 Å². The topological polar surface area (TPSA) is 62.2 Å². The van der Waals surface area contributed by atoms with E-state index in [0.717, 1.165) is 63.3 Å². The molecule has 0 unspecified atom stereocenters. The molecule has 0 radical (unpaired) electrons. The average molecular weight is 542 g/mol. The minimum Gasteiger partial charge on any atom is -0.491 e. The van der Waals surface area contributed by atoms with Gasteiger partial charge in [0.2, 0.25) is 0 Å². The van der Waals surface area contributed by atoms with Gasteiger partial charge in [-0.2, -0.15) is 0 Å². The molecule has 1 aliphatic heterocycles. The van der Waals surface area contributed by atoms with Crippen molar-refractivity contribution in [2.75, 3.05) is 44.7 Å². The highest BCUT2D eigenvalue weighted by molar-refractivity contribution is 5.89. The summed E-state index contributed by atoms with van der Waals surface area (Å²) in [7, 11) is 2.07. The summed E-state index contributed by atoms with van der Waals surface area (Å²) in [5.74, 6) is 0.611. The molecule has 0 aromatic heterocycles. The van der Waals surface area contributed by atoms with Crippen LogP contribution in [-0.2, 0) is 11.2 Å². The number of rotatable bonds is 11. The molecule has 8 heteroatoms. The van der Waals surface area contributed by atoms with Gasteiger partial charge in [-0.1, -0.05) is 12.1 Å². The molecule has 6 nitrogen and oxygen atoms in total. The summed E-state index contributed by atoms with van der Waals surface area (Å²) in [6, 6.07) is 15.8. The Kier molecular flexibility index (Phi) is 13.6. The van der Waals surface area contributed by atoms with E-state index in [0.29, 0.717) is 12.2 Å². The van der Waals surface area contributed by atoms with Crippen molar-refractivity contribution in [3.63, 3.8) is 0 Å². The highest BCUT2D eigenvalue weighted by Crippen LogP contribution is 2.27. The van der Waals surface area contributed by atoms with Gasteiger partial charge in [0.25, 0.3) is 0 Å². The quantitative estimate of drug-likeness (QED) is 0.385. The number of carbonyl (C=O) groups is 1. The van der Waals surface area contributed by atoms with E-state index in [1.54, 1.807) is 0 Å². The molecule has 2 aromatic rings. The predicted octanol–water partition coefficient (Wildman–Crippen LogP) is 5.39. The molecule has 1 saturated heterocycles. The molecule has 1 N–H and O–H groups in total. The third kappa shape index (κ3) is 9.81. The van der Waals surface area contributed by atoms with Gasteiger partial charge < -0.3 is 24.4 Å². The van der Waals surface area contributed by atoms with Crippen LogP contribution in [0.15, 0.2) is 48.5 Å². The predicted molar refractivity (Wildman–Crippen MR) is 151 cm³/mol. The summed E-state index contributed by atoms with van der Waals surface area (Å²) >= 11 is 0. The summed E-state index contributed by atoms with van der Waals surface area (Å²) in [6.07, 6.45) is 3.45. The van der Waals surface area contributed by atoms with Gasteiger partial charge in [-0.05, 0) is 88.4 Å². The first-order valence-electron chi connectivity index (χ1n) is 12.5. The van der Waals surface area contributed by atoms with Crippen LogP contribution >= 0.6 is 24.8 Å². The largest absolute Gasteiger partial charge is 0.491 e. The fourth-order valence-electron chi connectivity index (χ4n) is 4.31. The number of anilines is 1. The maximum Gasteiger partial charge on any atom is 0.338 e. The third-order valence-corrected chi connectivity index (χ3v) is 6.53. The molecule has 1 fully saturated rings. The van der Waals surface area contributed by atoms with Gasteiger partial charge in [0.1, 0.15) is 5.75 Å². The molecule has 1 heterocycles.